The maximum absolute atomic E-state index is 12.2. The van der Waals surface area contributed by atoms with Crippen molar-refractivity contribution in [1.29, 1.82) is 0 Å². The normalized spacial score (nSPS) is 11.1. The van der Waals surface area contributed by atoms with Crippen LogP contribution in [0.25, 0.3) is 0 Å². The van der Waals surface area contributed by atoms with Crippen molar-refractivity contribution in [3.63, 3.8) is 0 Å². The summed E-state index contributed by atoms with van der Waals surface area (Å²) >= 11 is 6.02. The summed E-state index contributed by atoms with van der Waals surface area (Å²) in [7, 11) is 1.57. The van der Waals surface area contributed by atoms with Gasteiger partial charge >= 0.3 is 0 Å². The van der Waals surface area contributed by atoms with E-state index in [2.05, 4.69) is 10.5 Å². The highest BCUT2D eigenvalue weighted by atomic mass is 35.5. The van der Waals surface area contributed by atoms with Crippen LogP contribution in [0.15, 0.2) is 47.6 Å². The van der Waals surface area contributed by atoms with Crippen molar-refractivity contribution in [2.45, 2.75) is 20.3 Å². The Labute approximate surface area is 152 Å². The molecule has 2 rings (SSSR count). The first-order valence-electron chi connectivity index (χ1n) is 7.96. The predicted molar refractivity (Wildman–Crippen MR) is 99.9 cm³/mol. The molecule has 0 saturated heterocycles. The summed E-state index contributed by atoms with van der Waals surface area (Å²) in [5.41, 5.74) is 4.35. The van der Waals surface area contributed by atoms with E-state index in [-0.39, 0.29) is 5.91 Å². The van der Waals surface area contributed by atoms with Gasteiger partial charge in [0.2, 0.25) is 0 Å². The minimum Gasteiger partial charge on any atom is -0.496 e. The Bertz CT molecular complexity index is 758. The highest BCUT2D eigenvalue weighted by Gasteiger charge is 2.09. The standard InChI is InChI=1S/C19H21ClN2O3/c1-4-11-25-16-8-5-14(6-9-16)19(23)22-21-13(2)17-12-15(20)7-10-18(17)24-3/h5-10,12H,4,11H2,1-3H3,(H,22,23)/b21-13-. The second-order valence-electron chi connectivity index (χ2n) is 5.36. The highest BCUT2D eigenvalue weighted by molar-refractivity contribution is 6.31. The van der Waals surface area contributed by atoms with Gasteiger partial charge in [0.15, 0.2) is 0 Å². The summed E-state index contributed by atoms with van der Waals surface area (Å²) < 4.78 is 10.8. The lowest BCUT2D eigenvalue weighted by molar-refractivity contribution is 0.0955. The van der Waals surface area contributed by atoms with Gasteiger partial charge in [-0.2, -0.15) is 5.10 Å². The van der Waals surface area contributed by atoms with E-state index in [0.717, 1.165) is 17.7 Å². The molecule has 6 heteroatoms. The van der Waals surface area contributed by atoms with Gasteiger partial charge < -0.3 is 9.47 Å². The van der Waals surface area contributed by atoms with Crippen LogP contribution in [0.1, 0.15) is 36.2 Å². The summed E-state index contributed by atoms with van der Waals surface area (Å²) in [5, 5.41) is 4.71. The van der Waals surface area contributed by atoms with Crippen LogP contribution in [0.5, 0.6) is 11.5 Å². The number of carbonyl (C=O) groups is 1. The lowest BCUT2D eigenvalue weighted by atomic mass is 10.1. The molecule has 0 aliphatic heterocycles. The maximum Gasteiger partial charge on any atom is 0.271 e. The molecule has 0 aliphatic rings. The number of benzene rings is 2. The third-order valence-corrected chi connectivity index (χ3v) is 3.70. The van der Waals surface area contributed by atoms with E-state index in [1.165, 1.54) is 0 Å². The molecule has 0 atom stereocenters. The van der Waals surface area contributed by atoms with Crippen molar-refractivity contribution in [2.24, 2.45) is 5.10 Å². The van der Waals surface area contributed by atoms with Gasteiger partial charge in [-0.15, -0.1) is 0 Å². The molecule has 5 nitrogen and oxygen atoms in total. The zero-order valence-electron chi connectivity index (χ0n) is 14.5. The number of rotatable bonds is 7. The van der Waals surface area contributed by atoms with Crippen molar-refractivity contribution in [2.75, 3.05) is 13.7 Å². The molecule has 1 N–H and O–H groups in total. The van der Waals surface area contributed by atoms with E-state index in [0.29, 0.717) is 28.7 Å². The summed E-state index contributed by atoms with van der Waals surface area (Å²) in [6.07, 6.45) is 0.934. The summed E-state index contributed by atoms with van der Waals surface area (Å²) in [4.78, 5) is 12.2. The minimum absolute atomic E-state index is 0.303. The average molecular weight is 361 g/mol. The molecule has 1 amide bonds. The molecular formula is C19H21ClN2O3. The SMILES string of the molecule is CCCOc1ccc(C(=O)N/N=C(/C)c2cc(Cl)ccc2OC)cc1. The lowest BCUT2D eigenvalue weighted by Gasteiger charge is -2.09. The zero-order chi connectivity index (χ0) is 18.2. The summed E-state index contributed by atoms with van der Waals surface area (Å²) in [6, 6.07) is 12.2. The summed E-state index contributed by atoms with van der Waals surface area (Å²) in [6.45, 7) is 4.46. The van der Waals surface area contributed by atoms with Crippen LogP contribution in [0.4, 0.5) is 0 Å². The van der Waals surface area contributed by atoms with Crippen molar-refractivity contribution < 1.29 is 14.3 Å². The number of hydrogen-bond donors (Lipinski definition) is 1. The van der Waals surface area contributed by atoms with Crippen LogP contribution in [-0.4, -0.2) is 25.3 Å². The highest BCUT2D eigenvalue weighted by Crippen LogP contribution is 2.23. The zero-order valence-corrected chi connectivity index (χ0v) is 15.3. The van der Waals surface area contributed by atoms with Crippen molar-refractivity contribution in [3.8, 4) is 11.5 Å². The molecular weight excluding hydrogens is 340 g/mol. The van der Waals surface area contributed by atoms with Gasteiger partial charge in [0.05, 0.1) is 19.4 Å². The van der Waals surface area contributed by atoms with Crippen LogP contribution in [0.2, 0.25) is 5.02 Å². The first-order valence-corrected chi connectivity index (χ1v) is 8.34. The van der Waals surface area contributed by atoms with E-state index < -0.39 is 0 Å². The van der Waals surface area contributed by atoms with Crippen LogP contribution >= 0.6 is 11.6 Å². The molecule has 0 saturated carbocycles. The van der Waals surface area contributed by atoms with Gasteiger partial charge in [0, 0.05) is 16.1 Å². The minimum atomic E-state index is -0.303. The van der Waals surface area contributed by atoms with E-state index in [4.69, 9.17) is 21.1 Å². The molecule has 2 aromatic carbocycles. The smallest absolute Gasteiger partial charge is 0.271 e. The second-order valence-corrected chi connectivity index (χ2v) is 5.79. The number of carbonyl (C=O) groups excluding carboxylic acids is 1. The molecule has 2 aromatic rings. The fraction of sp³-hybridized carbons (Fsp3) is 0.263. The molecule has 25 heavy (non-hydrogen) atoms. The number of hydrogen-bond acceptors (Lipinski definition) is 4. The Kier molecular flexibility index (Phi) is 6.83. The number of nitrogens with zero attached hydrogens (tertiary/aromatic N) is 1. The first-order chi connectivity index (χ1) is 12.0. The van der Waals surface area contributed by atoms with Gasteiger partial charge in [0.1, 0.15) is 11.5 Å². The Balaban J connectivity index is 2.07. The Morgan fingerprint density at radius 2 is 1.92 bits per heavy atom. The topological polar surface area (TPSA) is 59.9 Å². The quantitative estimate of drug-likeness (QED) is 0.591. The molecule has 0 spiro atoms. The van der Waals surface area contributed by atoms with Crippen LogP contribution in [0.3, 0.4) is 0 Å². The van der Waals surface area contributed by atoms with Crippen LogP contribution < -0.4 is 14.9 Å². The molecule has 0 heterocycles. The average Bonchev–Trinajstić information content (AvgIpc) is 2.64. The molecule has 0 bridgehead atoms. The van der Waals surface area contributed by atoms with Crippen LogP contribution in [0, 0.1) is 0 Å². The van der Waals surface area contributed by atoms with E-state index in [9.17, 15) is 4.79 Å². The fourth-order valence-corrected chi connectivity index (χ4v) is 2.32. The third-order valence-electron chi connectivity index (χ3n) is 3.47. The first kappa shape index (κ1) is 18.8. The Morgan fingerprint density at radius 3 is 2.56 bits per heavy atom. The molecule has 0 unspecified atom stereocenters. The number of amides is 1. The molecule has 132 valence electrons. The van der Waals surface area contributed by atoms with E-state index >= 15 is 0 Å². The maximum atomic E-state index is 12.2. The van der Waals surface area contributed by atoms with Gasteiger partial charge in [-0.3, -0.25) is 4.79 Å². The van der Waals surface area contributed by atoms with Gasteiger partial charge in [-0.25, -0.2) is 5.43 Å². The number of methoxy groups -OCH3 is 1. The third kappa shape index (κ3) is 5.22. The molecule has 0 radical (unpaired) electrons. The Hall–Kier alpha value is -2.53. The second kappa shape index (κ2) is 9.08. The van der Waals surface area contributed by atoms with Crippen molar-refractivity contribution in [1.82, 2.24) is 5.43 Å². The summed E-state index contributed by atoms with van der Waals surface area (Å²) in [5.74, 6) is 1.07. The Morgan fingerprint density at radius 1 is 1.20 bits per heavy atom. The molecule has 0 aromatic heterocycles. The van der Waals surface area contributed by atoms with E-state index in [1.807, 2.05) is 6.92 Å². The number of ether oxygens (including phenoxy) is 2. The monoisotopic (exact) mass is 360 g/mol. The largest absolute Gasteiger partial charge is 0.496 e. The number of halogens is 1. The van der Waals surface area contributed by atoms with Crippen molar-refractivity contribution >= 4 is 23.2 Å². The fourth-order valence-electron chi connectivity index (χ4n) is 2.14. The molecule has 0 fully saturated rings. The molecule has 0 aliphatic carbocycles. The van der Waals surface area contributed by atoms with Gasteiger partial charge in [-0.05, 0) is 55.8 Å². The van der Waals surface area contributed by atoms with E-state index in [1.54, 1.807) is 56.5 Å². The lowest BCUT2D eigenvalue weighted by Crippen LogP contribution is -2.19. The van der Waals surface area contributed by atoms with Crippen LogP contribution in [-0.2, 0) is 0 Å². The van der Waals surface area contributed by atoms with Crippen molar-refractivity contribution in [3.05, 3.63) is 58.6 Å². The van der Waals surface area contributed by atoms with Gasteiger partial charge in [-0.1, -0.05) is 18.5 Å². The van der Waals surface area contributed by atoms with Gasteiger partial charge in [0.25, 0.3) is 5.91 Å². The predicted octanol–water partition coefficient (Wildman–Crippen LogP) is 4.29. The number of nitrogens with one attached hydrogen (secondary N) is 1. The number of hydrazone groups is 1.